The Morgan fingerprint density at radius 3 is 2.92 bits per heavy atom. The van der Waals surface area contributed by atoms with Crippen LogP contribution in [0, 0.1) is 0 Å². The van der Waals surface area contributed by atoms with Crippen molar-refractivity contribution < 1.29 is 13.9 Å². The third-order valence-electron chi connectivity index (χ3n) is 4.31. The lowest BCUT2D eigenvalue weighted by Crippen LogP contribution is -2.25. The van der Waals surface area contributed by atoms with Crippen molar-refractivity contribution in [3.05, 3.63) is 52.1 Å². The SMILES string of the molecule is COc1ccc2c(=O)oc(C(=O)NCCC3=CCCCC3)cc2c1. The van der Waals surface area contributed by atoms with Gasteiger partial charge in [-0.3, -0.25) is 4.79 Å². The van der Waals surface area contributed by atoms with Crippen molar-refractivity contribution in [3.8, 4) is 5.75 Å². The highest BCUT2D eigenvalue weighted by atomic mass is 16.5. The van der Waals surface area contributed by atoms with E-state index in [1.54, 1.807) is 31.4 Å². The van der Waals surface area contributed by atoms with Crippen LogP contribution in [0.5, 0.6) is 5.75 Å². The molecule has 0 radical (unpaired) electrons. The first-order valence-electron chi connectivity index (χ1n) is 8.25. The Bertz CT molecular complexity index is 835. The molecule has 0 unspecified atom stereocenters. The maximum absolute atomic E-state index is 12.2. The van der Waals surface area contributed by atoms with E-state index in [0.29, 0.717) is 23.1 Å². The van der Waals surface area contributed by atoms with E-state index < -0.39 is 5.63 Å². The van der Waals surface area contributed by atoms with Crippen LogP contribution in [0.2, 0.25) is 0 Å². The summed E-state index contributed by atoms with van der Waals surface area (Å²) in [6.07, 6.45) is 7.82. The minimum atomic E-state index is -0.518. The molecule has 0 saturated carbocycles. The largest absolute Gasteiger partial charge is 0.497 e. The number of nitrogens with one attached hydrogen (secondary N) is 1. The molecule has 0 bridgehead atoms. The van der Waals surface area contributed by atoms with Crippen molar-refractivity contribution in [1.29, 1.82) is 0 Å². The Balaban J connectivity index is 1.72. The average molecular weight is 327 g/mol. The van der Waals surface area contributed by atoms with Gasteiger partial charge in [-0.1, -0.05) is 11.6 Å². The van der Waals surface area contributed by atoms with E-state index in [2.05, 4.69) is 11.4 Å². The Kier molecular flexibility index (Phi) is 4.99. The smallest absolute Gasteiger partial charge is 0.344 e. The van der Waals surface area contributed by atoms with E-state index in [0.717, 1.165) is 19.3 Å². The van der Waals surface area contributed by atoms with Gasteiger partial charge in [0.05, 0.1) is 12.5 Å². The van der Waals surface area contributed by atoms with Crippen LogP contribution in [0.4, 0.5) is 0 Å². The molecule has 0 saturated heterocycles. The van der Waals surface area contributed by atoms with Crippen molar-refractivity contribution in [2.45, 2.75) is 32.1 Å². The standard InChI is InChI=1S/C19H21NO4/c1-23-15-7-8-16-14(11-15)12-17(24-19(16)22)18(21)20-10-9-13-5-3-2-4-6-13/h5,7-8,11-12H,2-4,6,9-10H2,1H3,(H,20,21). The zero-order valence-electron chi connectivity index (χ0n) is 13.8. The number of carbonyl (C=O) groups excluding carboxylic acids is 1. The molecule has 1 N–H and O–H groups in total. The lowest BCUT2D eigenvalue weighted by Gasteiger charge is -2.12. The summed E-state index contributed by atoms with van der Waals surface area (Å²) >= 11 is 0. The van der Waals surface area contributed by atoms with Gasteiger partial charge in [0.25, 0.3) is 5.91 Å². The minimum Gasteiger partial charge on any atom is -0.497 e. The van der Waals surface area contributed by atoms with E-state index in [9.17, 15) is 9.59 Å². The second kappa shape index (κ2) is 7.34. The normalized spacial score (nSPS) is 14.3. The van der Waals surface area contributed by atoms with Crippen LogP contribution in [-0.2, 0) is 0 Å². The van der Waals surface area contributed by atoms with Crippen LogP contribution >= 0.6 is 0 Å². The number of carbonyl (C=O) groups is 1. The minimum absolute atomic E-state index is 0.0263. The van der Waals surface area contributed by atoms with Gasteiger partial charge in [0.1, 0.15) is 5.75 Å². The summed E-state index contributed by atoms with van der Waals surface area (Å²) in [5.74, 6) is 0.287. The van der Waals surface area contributed by atoms with Crippen LogP contribution in [0.25, 0.3) is 10.8 Å². The highest BCUT2D eigenvalue weighted by Crippen LogP contribution is 2.20. The predicted octanol–water partition coefficient (Wildman–Crippen LogP) is 3.42. The second-order valence-corrected chi connectivity index (χ2v) is 5.97. The van der Waals surface area contributed by atoms with Gasteiger partial charge in [-0.25, -0.2) is 4.79 Å². The van der Waals surface area contributed by atoms with Gasteiger partial charge in [0.15, 0.2) is 5.76 Å². The lowest BCUT2D eigenvalue weighted by atomic mass is 9.97. The van der Waals surface area contributed by atoms with Crippen LogP contribution in [0.3, 0.4) is 0 Å². The van der Waals surface area contributed by atoms with Crippen molar-refractivity contribution in [3.63, 3.8) is 0 Å². The van der Waals surface area contributed by atoms with E-state index in [1.165, 1.54) is 18.4 Å². The Morgan fingerprint density at radius 2 is 2.17 bits per heavy atom. The summed E-state index contributed by atoms with van der Waals surface area (Å²) in [6.45, 7) is 0.546. The van der Waals surface area contributed by atoms with E-state index in [-0.39, 0.29) is 11.7 Å². The highest BCUT2D eigenvalue weighted by Gasteiger charge is 2.13. The Morgan fingerprint density at radius 1 is 1.29 bits per heavy atom. The fourth-order valence-corrected chi connectivity index (χ4v) is 2.97. The Labute approximate surface area is 140 Å². The van der Waals surface area contributed by atoms with Gasteiger partial charge in [-0.15, -0.1) is 0 Å². The van der Waals surface area contributed by atoms with Gasteiger partial charge in [0, 0.05) is 6.54 Å². The maximum Gasteiger partial charge on any atom is 0.344 e. The van der Waals surface area contributed by atoms with Crippen molar-refractivity contribution in [2.75, 3.05) is 13.7 Å². The predicted molar refractivity (Wildman–Crippen MR) is 92.5 cm³/mol. The first-order chi connectivity index (χ1) is 11.7. The molecule has 0 atom stereocenters. The van der Waals surface area contributed by atoms with Gasteiger partial charge in [-0.2, -0.15) is 0 Å². The third-order valence-corrected chi connectivity index (χ3v) is 4.31. The lowest BCUT2D eigenvalue weighted by molar-refractivity contribution is 0.0922. The molecular weight excluding hydrogens is 306 g/mol. The quantitative estimate of drug-likeness (QED) is 0.854. The number of hydrogen-bond donors (Lipinski definition) is 1. The van der Waals surface area contributed by atoms with E-state index in [1.807, 2.05) is 0 Å². The summed E-state index contributed by atoms with van der Waals surface area (Å²) in [5, 5.41) is 3.88. The monoisotopic (exact) mass is 327 g/mol. The molecule has 5 nitrogen and oxygen atoms in total. The van der Waals surface area contributed by atoms with Crippen LogP contribution in [-0.4, -0.2) is 19.6 Å². The molecule has 1 aromatic carbocycles. The third kappa shape index (κ3) is 3.67. The summed E-state index contributed by atoms with van der Waals surface area (Å²) in [5.41, 5.74) is 0.876. The first-order valence-corrected chi connectivity index (χ1v) is 8.25. The molecule has 1 heterocycles. The maximum atomic E-state index is 12.2. The van der Waals surface area contributed by atoms with E-state index in [4.69, 9.17) is 9.15 Å². The molecule has 126 valence electrons. The topological polar surface area (TPSA) is 68.5 Å². The zero-order chi connectivity index (χ0) is 16.9. The number of amides is 1. The van der Waals surface area contributed by atoms with Crippen LogP contribution < -0.4 is 15.7 Å². The summed E-state index contributed by atoms with van der Waals surface area (Å²) in [6, 6.07) is 6.62. The number of methoxy groups -OCH3 is 1. The van der Waals surface area contributed by atoms with E-state index >= 15 is 0 Å². The molecule has 1 amide bonds. The summed E-state index contributed by atoms with van der Waals surface area (Å²) in [4.78, 5) is 24.3. The van der Waals surface area contributed by atoms with Crippen LogP contribution in [0.1, 0.15) is 42.7 Å². The number of ether oxygens (including phenoxy) is 1. The Hall–Kier alpha value is -2.56. The van der Waals surface area contributed by atoms with Gasteiger partial charge < -0.3 is 14.5 Å². The second-order valence-electron chi connectivity index (χ2n) is 5.97. The number of fused-ring (bicyclic) bond motifs is 1. The molecule has 2 aromatic rings. The van der Waals surface area contributed by atoms with Crippen molar-refractivity contribution in [1.82, 2.24) is 5.32 Å². The number of hydrogen-bond acceptors (Lipinski definition) is 4. The molecule has 5 heteroatoms. The molecule has 0 spiro atoms. The highest BCUT2D eigenvalue weighted by molar-refractivity contribution is 5.95. The fourth-order valence-electron chi connectivity index (χ4n) is 2.97. The average Bonchev–Trinajstić information content (AvgIpc) is 2.62. The summed E-state index contributed by atoms with van der Waals surface area (Å²) in [7, 11) is 1.56. The molecular formula is C19H21NO4. The molecule has 1 aliphatic carbocycles. The fraction of sp³-hybridized carbons (Fsp3) is 0.368. The summed E-state index contributed by atoms with van der Waals surface area (Å²) < 4.78 is 10.3. The number of allylic oxidation sites excluding steroid dienone is 1. The molecule has 1 aliphatic rings. The molecule has 3 rings (SSSR count). The molecule has 0 fully saturated rings. The molecule has 1 aromatic heterocycles. The van der Waals surface area contributed by atoms with Gasteiger partial charge in [0.2, 0.25) is 0 Å². The zero-order valence-corrected chi connectivity index (χ0v) is 13.8. The van der Waals surface area contributed by atoms with Gasteiger partial charge in [-0.05, 0) is 61.8 Å². The number of rotatable bonds is 5. The first kappa shape index (κ1) is 16.3. The molecule has 0 aliphatic heterocycles. The van der Waals surface area contributed by atoms with Crippen molar-refractivity contribution >= 4 is 16.7 Å². The number of benzene rings is 1. The van der Waals surface area contributed by atoms with Crippen LogP contribution in [0.15, 0.2) is 45.1 Å². The molecule has 24 heavy (non-hydrogen) atoms. The van der Waals surface area contributed by atoms with Gasteiger partial charge >= 0.3 is 5.63 Å². The van der Waals surface area contributed by atoms with Crippen molar-refractivity contribution in [2.24, 2.45) is 0 Å².